The summed E-state index contributed by atoms with van der Waals surface area (Å²) in [5.41, 5.74) is 8.91. The molecule has 0 aliphatic rings. The van der Waals surface area contributed by atoms with Crippen molar-refractivity contribution in [2.45, 2.75) is 18.5 Å². The van der Waals surface area contributed by atoms with Gasteiger partial charge in [-0.1, -0.05) is 103 Å². The molecule has 0 spiro atoms. The summed E-state index contributed by atoms with van der Waals surface area (Å²) >= 11 is 0. The third-order valence-electron chi connectivity index (χ3n) is 6.66. The Morgan fingerprint density at radius 2 is 1.02 bits per heavy atom. The fourth-order valence-corrected chi connectivity index (χ4v) is 5.84. The number of para-hydroxylation sites is 2. The minimum absolute atomic E-state index is 0.155. The molecule has 0 aromatic heterocycles. The molecule has 6 nitrogen and oxygen atoms in total. The molecule has 0 saturated heterocycles. The molecule has 0 heterocycles. The Morgan fingerprint density at radius 3 is 1.51 bits per heavy atom. The smallest absolute Gasteiger partial charge is 0.212 e. The van der Waals surface area contributed by atoms with Gasteiger partial charge >= 0.3 is 0 Å². The highest BCUT2D eigenvalue weighted by atomic mass is 32.2. The largest absolute Gasteiger partial charge is 0.457 e. The molecule has 0 bridgehead atoms. The number of sulfonamides is 1. The highest BCUT2D eigenvalue weighted by molar-refractivity contribution is 7.89. The lowest BCUT2D eigenvalue weighted by atomic mass is 9.95. The number of nitrogens with one attached hydrogen (secondary N) is 1. The molecule has 0 radical (unpaired) electrons. The Kier molecular flexibility index (Phi) is 9.11. The van der Waals surface area contributed by atoms with E-state index in [4.69, 9.17) is 15.2 Å². The Hall–Kier alpha value is -4.43. The molecular weight excluding hydrogens is 532 g/mol. The topological polar surface area (TPSA) is 90.7 Å². The molecule has 0 aliphatic carbocycles. The maximum Gasteiger partial charge on any atom is 0.212 e. The van der Waals surface area contributed by atoms with Crippen LogP contribution in [0.5, 0.6) is 23.0 Å². The van der Waals surface area contributed by atoms with Gasteiger partial charge in [-0.2, -0.15) is 0 Å². The van der Waals surface area contributed by atoms with E-state index in [9.17, 15) is 8.42 Å². The molecule has 3 N–H and O–H groups in total. The van der Waals surface area contributed by atoms with E-state index in [-0.39, 0.29) is 12.2 Å². The van der Waals surface area contributed by atoms with Crippen molar-refractivity contribution in [2.75, 3.05) is 5.75 Å². The highest BCUT2D eigenvalue weighted by Crippen LogP contribution is 2.35. The van der Waals surface area contributed by atoms with E-state index in [1.807, 2.05) is 140 Å². The summed E-state index contributed by atoms with van der Waals surface area (Å²) in [6.45, 7) is 0. The van der Waals surface area contributed by atoms with Crippen molar-refractivity contribution in [3.05, 3.63) is 156 Å². The first kappa shape index (κ1) is 28.1. The monoisotopic (exact) mass is 564 g/mol. The van der Waals surface area contributed by atoms with Gasteiger partial charge in [-0.05, 0) is 53.9 Å². The van der Waals surface area contributed by atoms with E-state index in [1.54, 1.807) is 0 Å². The van der Waals surface area contributed by atoms with Crippen LogP contribution in [-0.4, -0.2) is 14.2 Å². The SMILES string of the molecule is NC(c1ccccc1)C(NS(=O)(=O)CCc1c(Oc2ccccc2)cccc1Oc1ccccc1)c1ccccc1. The van der Waals surface area contributed by atoms with Crippen LogP contribution in [0.3, 0.4) is 0 Å². The quantitative estimate of drug-likeness (QED) is 0.168. The minimum atomic E-state index is -3.80. The van der Waals surface area contributed by atoms with Crippen LogP contribution >= 0.6 is 0 Å². The number of rotatable bonds is 12. The molecule has 2 atom stereocenters. The van der Waals surface area contributed by atoms with Gasteiger partial charge in [0.15, 0.2) is 0 Å². The molecule has 41 heavy (non-hydrogen) atoms. The van der Waals surface area contributed by atoms with E-state index in [0.29, 0.717) is 28.6 Å². The van der Waals surface area contributed by atoms with Gasteiger partial charge in [0.05, 0.1) is 17.8 Å². The predicted molar refractivity (Wildman–Crippen MR) is 163 cm³/mol. The second kappa shape index (κ2) is 13.3. The zero-order chi connectivity index (χ0) is 28.5. The minimum Gasteiger partial charge on any atom is -0.457 e. The van der Waals surface area contributed by atoms with Crippen LogP contribution in [0.1, 0.15) is 28.8 Å². The molecule has 0 fully saturated rings. The molecule has 0 amide bonds. The molecule has 2 unspecified atom stereocenters. The number of nitrogens with two attached hydrogens (primary N) is 1. The van der Waals surface area contributed by atoms with E-state index in [0.717, 1.165) is 11.1 Å². The van der Waals surface area contributed by atoms with Crippen LogP contribution in [-0.2, 0) is 16.4 Å². The molecule has 0 saturated carbocycles. The van der Waals surface area contributed by atoms with Gasteiger partial charge in [0.25, 0.3) is 0 Å². The zero-order valence-electron chi connectivity index (χ0n) is 22.5. The summed E-state index contributed by atoms with van der Waals surface area (Å²) in [7, 11) is -3.80. The lowest BCUT2D eigenvalue weighted by Crippen LogP contribution is -2.37. The van der Waals surface area contributed by atoms with Crippen LogP contribution < -0.4 is 19.9 Å². The zero-order valence-corrected chi connectivity index (χ0v) is 23.3. The second-order valence-electron chi connectivity index (χ2n) is 9.57. The maximum absolute atomic E-state index is 13.6. The third-order valence-corrected chi connectivity index (χ3v) is 8.02. The normalized spacial score (nSPS) is 12.8. The lowest BCUT2D eigenvalue weighted by molar-refractivity contribution is 0.450. The first-order chi connectivity index (χ1) is 20.0. The maximum atomic E-state index is 13.6. The first-order valence-electron chi connectivity index (χ1n) is 13.4. The third kappa shape index (κ3) is 7.61. The van der Waals surface area contributed by atoms with Crippen LogP contribution in [0.2, 0.25) is 0 Å². The summed E-state index contributed by atoms with van der Waals surface area (Å²) < 4.78 is 42.5. The number of hydrogen-bond donors (Lipinski definition) is 2. The standard InChI is InChI=1S/C34H32N2O4S/c35-33(26-14-5-1-6-15-26)34(27-16-7-2-8-17-27)36-41(37,38)25-24-30-31(39-28-18-9-3-10-19-28)22-13-23-32(30)40-29-20-11-4-12-21-29/h1-23,33-34,36H,24-25,35H2. The molecule has 5 aromatic rings. The Labute approximate surface area is 241 Å². The van der Waals surface area contributed by atoms with Gasteiger partial charge in [0.1, 0.15) is 23.0 Å². The second-order valence-corrected chi connectivity index (χ2v) is 11.4. The van der Waals surface area contributed by atoms with Crippen molar-refractivity contribution >= 4 is 10.0 Å². The molecule has 7 heteroatoms. The van der Waals surface area contributed by atoms with Gasteiger partial charge < -0.3 is 15.2 Å². The van der Waals surface area contributed by atoms with Gasteiger partial charge in [-0.3, -0.25) is 0 Å². The number of hydrogen-bond acceptors (Lipinski definition) is 5. The number of benzene rings is 5. The van der Waals surface area contributed by atoms with Crippen LogP contribution in [0.25, 0.3) is 0 Å². The Morgan fingerprint density at radius 1 is 0.585 bits per heavy atom. The van der Waals surface area contributed by atoms with Crippen molar-refractivity contribution in [1.29, 1.82) is 0 Å². The van der Waals surface area contributed by atoms with Gasteiger partial charge in [0.2, 0.25) is 10.0 Å². The van der Waals surface area contributed by atoms with Crippen molar-refractivity contribution in [1.82, 2.24) is 4.72 Å². The van der Waals surface area contributed by atoms with E-state index < -0.39 is 22.1 Å². The average molecular weight is 565 g/mol. The highest BCUT2D eigenvalue weighted by Gasteiger charge is 2.27. The Bertz CT molecular complexity index is 1570. The van der Waals surface area contributed by atoms with Crippen LogP contribution in [0, 0.1) is 0 Å². The summed E-state index contributed by atoms with van der Waals surface area (Å²) in [6, 6.07) is 41.9. The fourth-order valence-electron chi connectivity index (χ4n) is 4.58. The van der Waals surface area contributed by atoms with E-state index >= 15 is 0 Å². The van der Waals surface area contributed by atoms with Gasteiger partial charge in [0, 0.05) is 5.56 Å². The summed E-state index contributed by atoms with van der Waals surface area (Å²) in [5, 5.41) is 0. The van der Waals surface area contributed by atoms with Gasteiger partial charge in [-0.25, -0.2) is 13.1 Å². The molecule has 208 valence electrons. The summed E-state index contributed by atoms with van der Waals surface area (Å²) in [6.07, 6.45) is 0.155. The van der Waals surface area contributed by atoms with Crippen molar-refractivity contribution in [3.8, 4) is 23.0 Å². The van der Waals surface area contributed by atoms with Crippen LogP contribution in [0.15, 0.2) is 140 Å². The Balaban J connectivity index is 1.42. The fraction of sp³-hybridized carbons (Fsp3) is 0.118. The van der Waals surface area contributed by atoms with E-state index in [2.05, 4.69) is 4.72 Å². The molecule has 0 aliphatic heterocycles. The molecular formula is C34H32N2O4S. The first-order valence-corrected chi connectivity index (χ1v) is 15.1. The summed E-state index contributed by atoms with van der Waals surface area (Å²) in [5.74, 6) is 2.15. The van der Waals surface area contributed by atoms with Crippen LogP contribution in [0.4, 0.5) is 0 Å². The lowest BCUT2D eigenvalue weighted by Gasteiger charge is -2.26. The molecule has 5 aromatic carbocycles. The number of ether oxygens (including phenoxy) is 2. The van der Waals surface area contributed by atoms with Crippen molar-refractivity contribution < 1.29 is 17.9 Å². The van der Waals surface area contributed by atoms with Gasteiger partial charge in [-0.15, -0.1) is 0 Å². The summed E-state index contributed by atoms with van der Waals surface area (Å²) in [4.78, 5) is 0. The van der Waals surface area contributed by atoms with Crippen molar-refractivity contribution in [2.24, 2.45) is 5.73 Å². The van der Waals surface area contributed by atoms with E-state index in [1.165, 1.54) is 0 Å². The molecule has 5 rings (SSSR count). The van der Waals surface area contributed by atoms with Crippen molar-refractivity contribution in [3.63, 3.8) is 0 Å². The average Bonchev–Trinajstić information content (AvgIpc) is 3.01. The predicted octanol–water partition coefficient (Wildman–Crippen LogP) is 7.17.